The largest absolute Gasteiger partial charge is 0.381 e. The Balaban J connectivity index is 1.62. The average molecular weight is 295 g/mol. The first kappa shape index (κ1) is 15.7. The molecule has 122 valence electrons. The van der Waals surface area contributed by atoms with Crippen molar-refractivity contribution in [1.29, 1.82) is 0 Å². The predicted molar refractivity (Wildman–Crippen MR) is 86.6 cm³/mol. The van der Waals surface area contributed by atoms with Gasteiger partial charge in [-0.05, 0) is 32.7 Å². The first-order valence-corrected chi connectivity index (χ1v) is 8.87. The zero-order valence-electron chi connectivity index (χ0n) is 14.1. The summed E-state index contributed by atoms with van der Waals surface area (Å²) in [6.45, 7) is 14.9. The van der Waals surface area contributed by atoms with Gasteiger partial charge in [0.1, 0.15) is 0 Å². The van der Waals surface area contributed by atoms with Crippen molar-refractivity contribution >= 4 is 0 Å². The molecule has 3 rings (SSSR count). The van der Waals surface area contributed by atoms with Gasteiger partial charge in [0.05, 0.1) is 6.61 Å². The summed E-state index contributed by atoms with van der Waals surface area (Å²) in [5.74, 6) is 0. The van der Waals surface area contributed by atoms with Crippen LogP contribution in [0.2, 0.25) is 0 Å². The lowest BCUT2D eigenvalue weighted by Gasteiger charge is -2.46. The van der Waals surface area contributed by atoms with E-state index in [0.29, 0.717) is 17.5 Å². The molecule has 0 aliphatic carbocycles. The maximum Gasteiger partial charge on any atom is 0.0547 e. The highest BCUT2D eigenvalue weighted by molar-refractivity contribution is 4.95. The molecule has 0 bridgehead atoms. The van der Waals surface area contributed by atoms with E-state index in [4.69, 9.17) is 4.74 Å². The summed E-state index contributed by atoms with van der Waals surface area (Å²) in [6, 6.07) is 2.07. The molecule has 4 nitrogen and oxygen atoms in total. The molecule has 3 heterocycles. The predicted octanol–water partition coefficient (Wildman–Crippen LogP) is 1.56. The van der Waals surface area contributed by atoms with E-state index in [2.05, 4.69) is 35.9 Å². The van der Waals surface area contributed by atoms with E-state index in [9.17, 15) is 0 Å². The molecule has 4 heteroatoms. The van der Waals surface area contributed by atoms with Gasteiger partial charge in [-0.2, -0.15) is 0 Å². The third-order valence-electron chi connectivity index (χ3n) is 5.68. The second-order valence-electron chi connectivity index (χ2n) is 7.91. The van der Waals surface area contributed by atoms with Crippen LogP contribution >= 0.6 is 0 Å². The number of nitrogens with one attached hydrogen (secondary N) is 1. The lowest BCUT2D eigenvalue weighted by molar-refractivity contribution is 0.0205. The Bertz CT molecular complexity index is 341. The van der Waals surface area contributed by atoms with Gasteiger partial charge in [-0.15, -0.1) is 0 Å². The van der Waals surface area contributed by atoms with Gasteiger partial charge in [0.15, 0.2) is 0 Å². The quantitative estimate of drug-likeness (QED) is 0.833. The van der Waals surface area contributed by atoms with E-state index in [-0.39, 0.29) is 0 Å². The fourth-order valence-corrected chi connectivity index (χ4v) is 4.29. The SMILES string of the molecule is CC(C)NCC1(CN2CC3CCCN3CC2C)CCOC1. The van der Waals surface area contributed by atoms with E-state index in [0.717, 1.165) is 25.8 Å². The van der Waals surface area contributed by atoms with Crippen LogP contribution in [0.4, 0.5) is 0 Å². The molecule has 0 aromatic heterocycles. The molecule has 3 saturated heterocycles. The van der Waals surface area contributed by atoms with E-state index in [1.54, 1.807) is 0 Å². The minimum absolute atomic E-state index is 0.333. The zero-order chi connectivity index (χ0) is 14.9. The Hall–Kier alpha value is -0.160. The van der Waals surface area contributed by atoms with Gasteiger partial charge in [-0.3, -0.25) is 9.80 Å². The van der Waals surface area contributed by atoms with E-state index < -0.39 is 0 Å². The molecular weight excluding hydrogens is 262 g/mol. The van der Waals surface area contributed by atoms with Gasteiger partial charge in [0.25, 0.3) is 0 Å². The van der Waals surface area contributed by atoms with Crippen LogP contribution < -0.4 is 5.32 Å². The van der Waals surface area contributed by atoms with E-state index in [1.807, 2.05) is 0 Å². The minimum atomic E-state index is 0.333. The molecule has 3 fully saturated rings. The van der Waals surface area contributed by atoms with Crippen LogP contribution in [0.5, 0.6) is 0 Å². The molecule has 0 saturated carbocycles. The van der Waals surface area contributed by atoms with Gasteiger partial charge in [0.2, 0.25) is 0 Å². The number of piperazine rings is 1. The van der Waals surface area contributed by atoms with Crippen molar-refractivity contribution < 1.29 is 4.74 Å². The highest BCUT2D eigenvalue weighted by Crippen LogP contribution is 2.32. The van der Waals surface area contributed by atoms with Crippen LogP contribution in [0, 0.1) is 5.41 Å². The standard InChI is InChI=1S/C17H33N3O/c1-14(2)18-11-17(6-8-21-13-17)12-20-10-16-5-4-7-19(16)9-15(20)3/h14-16,18H,4-13H2,1-3H3. The van der Waals surface area contributed by atoms with Gasteiger partial charge >= 0.3 is 0 Å². The third-order valence-corrected chi connectivity index (χ3v) is 5.68. The van der Waals surface area contributed by atoms with Crippen LogP contribution in [0.15, 0.2) is 0 Å². The molecule has 3 atom stereocenters. The molecule has 21 heavy (non-hydrogen) atoms. The highest BCUT2D eigenvalue weighted by atomic mass is 16.5. The third kappa shape index (κ3) is 3.61. The molecule has 0 aromatic rings. The zero-order valence-corrected chi connectivity index (χ0v) is 14.1. The Morgan fingerprint density at radius 1 is 1.33 bits per heavy atom. The summed E-state index contributed by atoms with van der Waals surface area (Å²) in [5, 5.41) is 3.66. The first-order valence-electron chi connectivity index (χ1n) is 8.87. The number of rotatable bonds is 5. The lowest BCUT2D eigenvalue weighted by Crippen LogP contribution is -2.58. The number of ether oxygens (including phenoxy) is 1. The van der Waals surface area contributed by atoms with Gasteiger partial charge < -0.3 is 10.1 Å². The fraction of sp³-hybridized carbons (Fsp3) is 1.00. The van der Waals surface area contributed by atoms with Crippen LogP contribution in [-0.4, -0.2) is 73.9 Å². The normalized spacial score (nSPS) is 38.3. The Labute approximate surface area is 130 Å². The summed E-state index contributed by atoms with van der Waals surface area (Å²) < 4.78 is 5.78. The van der Waals surface area contributed by atoms with Crippen molar-refractivity contribution in [3.8, 4) is 0 Å². The van der Waals surface area contributed by atoms with Crippen molar-refractivity contribution in [2.75, 3.05) is 45.9 Å². The second kappa shape index (κ2) is 6.53. The molecule has 0 aromatic carbocycles. The maximum absolute atomic E-state index is 5.78. The molecule has 0 radical (unpaired) electrons. The molecule has 1 N–H and O–H groups in total. The molecule has 3 aliphatic heterocycles. The molecule has 0 spiro atoms. The number of nitrogens with zero attached hydrogens (tertiary/aromatic N) is 2. The number of fused-ring (bicyclic) bond motifs is 1. The summed E-state index contributed by atoms with van der Waals surface area (Å²) in [7, 11) is 0. The fourth-order valence-electron chi connectivity index (χ4n) is 4.29. The van der Waals surface area contributed by atoms with Crippen LogP contribution in [-0.2, 0) is 4.74 Å². The summed E-state index contributed by atoms with van der Waals surface area (Å²) in [5.41, 5.74) is 0.333. The average Bonchev–Trinajstić information content (AvgIpc) is 3.07. The maximum atomic E-state index is 5.78. The van der Waals surface area contributed by atoms with Crippen molar-refractivity contribution in [3.05, 3.63) is 0 Å². The van der Waals surface area contributed by atoms with Crippen LogP contribution in [0.3, 0.4) is 0 Å². The topological polar surface area (TPSA) is 27.7 Å². The van der Waals surface area contributed by atoms with Crippen LogP contribution in [0.1, 0.15) is 40.0 Å². The van der Waals surface area contributed by atoms with E-state index >= 15 is 0 Å². The summed E-state index contributed by atoms with van der Waals surface area (Å²) in [4.78, 5) is 5.47. The van der Waals surface area contributed by atoms with Crippen LogP contribution in [0.25, 0.3) is 0 Å². The van der Waals surface area contributed by atoms with Crippen molar-refractivity contribution in [2.24, 2.45) is 5.41 Å². The lowest BCUT2D eigenvalue weighted by atomic mass is 9.85. The molecule has 3 aliphatic rings. The van der Waals surface area contributed by atoms with Gasteiger partial charge in [-0.25, -0.2) is 0 Å². The first-order chi connectivity index (χ1) is 10.1. The highest BCUT2D eigenvalue weighted by Gasteiger charge is 2.41. The molecule has 3 unspecified atom stereocenters. The summed E-state index contributed by atoms with van der Waals surface area (Å²) in [6.07, 6.45) is 4.01. The van der Waals surface area contributed by atoms with Crippen molar-refractivity contribution in [3.63, 3.8) is 0 Å². The molecular formula is C17H33N3O. The number of hydrogen-bond donors (Lipinski definition) is 1. The molecule has 0 amide bonds. The van der Waals surface area contributed by atoms with E-state index in [1.165, 1.54) is 45.4 Å². The Kier molecular flexibility index (Phi) is 4.89. The monoisotopic (exact) mass is 295 g/mol. The van der Waals surface area contributed by atoms with Crippen molar-refractivity contribution in [1.82, 2.24) is 15.1 Å². The minimum Gasteiger partial charge on any atom is -0.381 e. The number of hydrogen-bond acceptors (Lipinski definition) is 4. The Morgan fingerprint density at radius 3 is 2.90 bits per heavy atom. The summed E-state index contributed by atoms with van der Waals surface area (Å²) >= 11 is 0. The van der Waals surface area contributed by atoms with Crippen molar-refractivity contribution in [2.45, 2.75) is 58.2 Å². The second-order valence-corrected chi connectivity index (χ2v) is 7.91. The van der Waals surface area contributed by atoms with Gasteiger partial charge in [0, 0.05) is 56.3 Å². The smallest absolute Gasteiger partial charge is 0.0547 e. The Morgan fingerprint density at radius 2 is 2.19 bits per heavy atom. The van der Waals surface area contributed by atoms with Gasteiger partial charge in [-0.1, -0.05) is 13.8 Å².